The maximum atomic E-state index is 13.4. The number of hydrogen-bond acceptors (Lipinski definition) is 12. The second kappa shape index (κ2) is 20.6. The number of β-amino-alcohol motifs (C(OH)–C–C–N with tert-alkyl or cyclic N) is 1. The van der Waals surface area contributed by atoms with Gasteiger partial charge in [-0.3, -0.25) is 43.4 Å². The highest BCUT2D eigenvalue weighted by Gasteiger charge is 2.29. The number of benzene rings is 1. The highest BCUT2D eigenvalue weighted by molar-refractivity contribution is 7.53. The fourth-order valence-electron chi connectivity index (χ4n) is 5.23. The molecule has 0 saturated carbocycles. The number of hydrogen-bond donors (Lipinski definition) is 4. The van der Waals surface area contributed by atoms with Gasteiger partial charge in [0.15, 0.2) is 0 Å². The summed E-state index contributed by atoms with van der Waals surface area (Å²) in [6, 6.07) is 9.58. The van der Waals surface area contributed by atoms with Crippen LogP contribution < -0.4 is 0 Å². The van der Waals surface area contributed by atoms with Crippen LogP contribution in [-0.4, -0.2) is 174 Å². The quantitative estimate of drug-likeness (QED) is 0.160. The van der Waals surface area contributed by atoms with Crippen LogP contribution in [0.1, 0.15) is 19.4 Å². The number of carbonyl (C=O) groups is 3. The molecule has 0 aliphatic carbocycles. The first-order valence-corrected chi connectivity index (χ1v) is 17.0. The second-order valence-corrected chi connectivity index (χ2v) is 13.1. The highest BCUT2D eigenvalue weighted by Crippen LogP contribution is 2.48. The van der Waals surface area contributed by atoms with Gasteiger partial charge in [0.1, 0.15) is 6.29 Å². The molecule has 1 fully saturated rings. The molecule has 0 amide bonds. The predicted molar refractivity (Wildman–Crippen MR) is 167 cm³/mol. The fourth-order valence-corrected chi connectivity index (χ4v) is 6.96. The van der Waals surface area contributed by atoms with Crippen molar-refractivity contribution < 1.29 is 48.4 Å². The van der Waals surface area contributed by atoms with E-state index in [1.807, 2.05) is 40.1 Å². The molecule has 2 rings (SSSR count). The summed E-state index contributed by atoms with van der Waals surface area (Å²) in [5.41, 5.74) is 0.959. The van der Waals surface area contributed by atoms with E-state index in [-0.39, 0.29) is 52.2 Å². The van der Waals surface area contributed by atoms with Crippen LogP contribution in [0.15, 0.2) is 30.3 Å². The molecule has 0 radical (unpaired) electrons. The number of carboxylic acids is 3. The van der Waals surface area contributed by atoms with E-state index in [9.17, 15) is 39.4 Å². The summed E-state index contributed by atoms with van der Waals surface area (Å²) in [5.74, 6) is -3.02. The average molecular weight is 660 g/mol. The summed E-state index contributed by atoms with van der Waals surface area (Å²) < 4.78 is 24.5. The molecule has 1 aliphatic rings. The molecule has 1 aromatic carbocycles. The van der Waals surface area contributed by atoms with E-state index in [0.717, 1.165) is 5.56 Å². The minimum Gasteiger partial charge on any atom is -0.480 e. The van der Waals surface area contributed by atoms with Gasteiger partial charge in [-0.2, -0.15) is 0 Å². The van der Waals surface area contributed by atoms with E-state index in [1.54, 1.807) is 28.5 Å². The number of aliphatic hydroxyl groups is 1. The third-order valence-electron chi connectivity index (χ3n) is 7.22. The number of nitrogens with zero attached hydrogens (tertiary/aromatic N) is 5. The largest absolute Gasteiger partial charge is 0.480 e. The van der Waals surface area contributed by atoms with Crippen LogP contribution in [-0.2, 0) is 34.5 Å². The first kappa shape index (κ1) is 38.7. The Balaban J connectivity index is 2.22. The lowest BCUT2D eigenvalue weighted by atomic mass is 10.2. The summed E-state index contributed by atoms with van der Waals surface area (Å²) >= 11 is 0. The van der Waals surface area contributed by atoms with E-state index >= 15 is 0 Å². The van der Waals surface area contributed by atoms with Crippen LogP contribution in [0.2, 0.25) is 0 Å². The third-order valence-corrected chi connectivity index (χ3v) is 9.27. The fraction of sp³-hybridized carbons (Fsp3) is 0.690. The van der Waals surface area contributed by atoms with E-state index in [4.69, 9.17) is 9.05 Å². The first-order chi connectivity index (χ1) is 21.4. The average Bonchev–Trinajstić information content (AvgIpc) is 2.94. The number of rotatable bonds is 18. The van der Waals surface area contributed by atoms with Crippen molar-refractivity contribution in [1.29, 1.82) is 0 Å². The molecule has 1 atom stereocenters. The lowest BCUT2D eigenvalue weighted by Gasteiger charge is -2.34. The lowest BCUT2D eigenvalue weighted by Crippen LogP contribution is -2.50. The monoisotopic (exact) mass is 659 g/mol. The Labute approximate surface area is 265 Å². The molecule has 0 bridgehead atoms. The van der Waals surface area contributed by atoms with Gasteiger partial charge in [0.05, 0.1) is 39.0 Å². The zero-order valence-electron chi connectivity index (χ0n) is 26.4. The smallest absolute Gasteiger partial charge is 0.344 e. The molecule has 15 nitrogen and oxygen atoms in total. The summed E-state index contributed by atoms with van der Waals surface area (Å²) in [4.78, 5) is 43.5. The predicted octanol–water partition coefficient (Wildman–Crippen LogP) is 0.549. The van der Waals surface area contributed by atoms with Crippen LogP contribution in [0.25, 0.3) is 0 Å². The van der Waals surface area contributed by atoms with Gasteiger partial charge in [0.2, 0.25) is 0 Å². The van der Waals surface area contributed by atoms with Crippen molar-refractivity contribution in [2.75, 3.05) is 105 Å². The lowest BCUT2D eigenvalue weighted by molar-refractivity contribution is -0.140. The van der Waals surface area contributed by atoms with Crippen molar-refractivity contribution in [3.05, 3.63) is 35.9 Å². The van der Waals surface area contributed by atoms with Crippen LogP contribution in [0.3, 0.4) is 0 Å². The molecule has 1 aliphatic heterocycles. The Morgan fingerprint density at radius 2 is 1.16 bits per heavy atom. The van der Waals surface area contributed by atoms with Crippen LogP contribution in [0, 0.1) is 0 Å². The molecule has 16 heteroatoms. The molecule has 256 valence electrons. The van der Waals surface area contributed by atoms with Gasteiger partial charge in [0, 0.05) is 72.0 Å². The van der Waals surface area contributed by atoms with E-state index in [1.165, 1.54) is 0 Å². The van der Waals surface area contributed by atoms with E-state index in [0.29, 0.717) is 58.9 Å². The number of carboxylic acid groups (broad SMARTS) is 3. The van der Waals surface area contributed by atoms with Gasteiger partial charge in [-0.1, -0.05) is 30.3 Å². The van der Waals surface area contributed by atoms with Crippen molar-refractivity contribution >= 4 is 25.5 Å². The van der Waals surface area contributed by atoms with Crippen molar-refractivity contribution in [1.82, 2.24) is 24.5 Å². The zero-order chi connectivity index (χ0) is 33.2. The second-order valence-electron chi connectivity index (χ2n) is 11.0. The van der Waals surface area contributed by atoms with Gasteiger partial charge >= 0.3 is 25.5 Å². The van der Waals surface area contributed by atoms with E-state index in [2.05, 4.69) is 0 Å². The summed E-state index contributed by atoms with van der Waals surface area (Å²) in [6.07, 6.45) is -0.920. The van der Waals surface area contributed by atoms with E-state index < -0.39 is 31.6 Å². The molecule has 1 unspecified atom stereocenters. The Morgan fingerprint density at radius 3 is 1.53 bits per heavy atom. The topological polar surface area (TPSA) is 184 Å². The molecule has 1 saturated heterocycles. The van der Waals surface area contributed by atoms with Crippen LogP contribution in [0.4, 0.5) is 0 Å². The van der Waals surface area contributed by atoms with Crippen molar-refractivity contribution in [2.24, 2.45) is 0 Å². The third kappa shape index (κ3) is 16.6. The summed E-state index contributed by atoms with van der Waals surface area (Å²) in [6.45, 7) is 6.65. The molecule has 45 heavy (non-hydrogen) atoms. The molecular formula is C29H50N5O10P. The van der Waals surface area contributed by atoms with Gasteiger partial charge < -0.3 is 29.5 Å². The van der Waals surface area contributed by atoms with Crippen molar-refractivity contribution in [3.8, 4) is 0 Å². The van der Waals surface area contributed by atoms with Gasteiger partial charge in [-0.15, -0.1) is 0 Å². The Hall–Kier alpha value is -2.46. The zero-order valence-corrected chi connectivity index (χ0v) is 27.3. The number of aliphatic carboxylic acids is 3. The summed E-state index contributed by atoms with van der Waals surface area (Å²) in [5, 5.41) is 39.6. The molecular weight excluding hydrogens is 609 g/mol. The molecule has 0 aromatic heterocycles. The molecule has 1 heterocycles. The SMILES string of the molecule is CCOP(=O)(CN(Cc1ccccc1)CC(O)CN1CCN(CC(=O)O)CCN(CC(=O)O)CCN(CC(=O)O)CC1)OCC. The van der Waals surface area contributed by atoms with Crippen molar-refractivity contribution in [2.45, 2.75) is 26.5 Å². The minimum absolute atomic E-state index is 0.0216. The van der Waals surface area contributed by atoms with Crippen LogP contribution in [0.5, 0.6) is 0 Å². The van der Waals surface area contributed by atoms with Crippen LogP contribution >= 0.6 is 7.60 Å². The molecule has 1 aromatic rings. The minimum atomic E-state index is -3.47. The number of aliphatic hydroxyl groups excluding tert-OH is 1. The first-order valence-electron chi connectivity index (χ1n) is 15.3. The van der Waals surface area contributed by atoms with Gasteiger partial charge in [-0.05, 0) is 19.4 Å². The maximum absolute atomic E-state index is 13.4. The Kier molecular flexibility index (Phi) is 17.7. The Bertz CT molecular complexity index is 1040. The standard InChI is InChI=1S/C29H50N5O10P/c1-3-43-45(42,44-4-2)24-34(18-25-8-6-5-7-9-25)20-26(35)19-30-10-12-31(21-27(36)37)14-16-33(23-29(40)41)17-15-32(13-11-30)22-28(38)39/h5-9,26,35H,3-4,10-24H2,1-2H3,(H,36,37)(H,38,39)(H,40,41). The highest BCUT2D eigenvalue weighted by atomic mass is 31.2. The maximum Gasteiger partial charge on any atom is 0.344 e. The van der Waals surface area contributed by atoms with Gasteiger partial charge in [-0.25, -0.2) is 0 Å². The van der Waals surface area contributed by atoms with Crippen molar-refractivity contribution in [3.63, 3.8) is 0 Å². The summed E-state index contributed by atoms with van der Waals surface area (Å²) in [7, 11) is -3.47. The Morgan fingerprint density at radius 1 is 0.756 bits per heavy atom. The molecule has 0 spiro atoms. The molecule has 4 N–H and O–H groups in total. The van der Waals surface area contributed by atoms with Gasteiger partial charge in [0.25, 0.3) is 0 Å². The normalized spacial score (nSPS) is 17.9.